The molecule has 1 spiro atoms. The average Bonchev–Trinajstić information content (AvgIpc) is 3.09. The summed E-state index contributed by atoms with van der Waals surface area (Å²) in [4.78, 5) is 5.30. The van der Waals surface area contributed by atoms with E-state index in [-0.39, 0.29) is 11.9 Å². The summed E-state index contributed by atoms with van der Waals surface area (Å²) in [6.45, 7) is 11.4. The highest BCUT2D eigenvalue weighted by atomic mass is 31.0. The first-order chi connectivity index (χ1) is 13.4. The van der Waals surface area contributed by atoms with Gasteiger partial charge in [0.1, 0.15) is 5.82 Å². The first-order valence-electron chi connectivity index (χ1n) is 10.7. The fraction of sp³-hybridized carbons (Fsp3) is 0.727. The summed E-state index contributed by atoms with van der Waals surface area (Å²) < 4.78 is 17.7. The molecular formula is C22H37FN3OP. The third-order valence-electron chi connectivity index (χ3n) is 6.66. The summed E-state index contributed by atoms with van der Waals surface area (Å²) >= 11 is 0. The number of piperidine rings is 1. The first kappa shape index (κ1) is 22.1. The highest BCUT2D eigenvalue weighted by Gasteiger charge is 2.42. The molecule has 3 heterocycles. The van der Waals surface area contributed by atoms with Crippen molar-refractivity contribution in [3.63, 3.8) is 0 Å². The maximum Gasteiger partial charge on any atom is 0.123 e. The summed E-state index contributed by atoms with van der Waals surface area (Å²) in [5, 5.41) is 1.01. The van der Waals surface area contributed by atoms with Crippen molar-refractivity contribution in [2.45, 2.75) is 57.7 Å². The van der Waals surface area contributed by atoms with E-state index in [1.54, 1.807) is 12.1 Å². The molecule has 28 heavy (non-hydrogen) atoms. The molecule has 4 rings (SSSR count). The molecule has 0 radical (unpaired) electrons. The normalized spacial score (nSPS) is 28.4. The quantitative estimate of drug-likeness (QED) is 0.763. The summed E-state index contributed by atoms with van der Waals surface area (Å²) in [6.07, 6.45) is 5.24. The zero-order valence-corrected chi connectivity index (χ0v) is 18.6. The molecule has 6 heteroatoms. The van der Waals surface area contributed by atoms with Crippen molar-refractivity contribution in [3.05, 3.63) is 30.1 Å². The average molecular weight is 410 g/mol. The monoisotopic (exact) mass is 409 g/mol. The maximum absolute atomic E-state index is 12.1. The molecule has 3 aliphatic rings. The van der Waals surface area contributed by atoms with Crippen molar-refractivity contribution in [1.82, 2.24) is 9.80 Å². The van der Waals surface area contributed by atoms with Crippen LogP contribution < -0.4 is 11.0 Å². The van der Waals surface area contributed by atoms with Crippen molar-refractivity contribution in [3.8, 4) is 0 Å². The predicted octanol–water partition coefficient (Wildman–Crippen LogP) is 2.63. The SMILES string of the molecule is CC(C)N1CCC2(CCN(C3COCC(N)C3)CC2)C1.Fc1ccc(P)cc1. The smallest absolute Gasteiger partial charge is 0.123 e. The van der Waals surface area contributed by atoms with Crippen LogP contribution in [-0.4, -0.2) is 67.3 Å². The van der Waals surface area contributed by atoms with Crippen LogP contribution in [0.5, 0.6) is 0 Å². The van der Waals surface area contributed by atoms with Crippen LogP contribution in [0, 0.1) is 11.2 Å². The molecule has 0 amide bonds. The second-order valence-electron chi connectivity index (χ2n) is 9.09. The topological polar surface area (TPSA) is 41.7 Å². The van der Waals surface area contributed by atoms with Gasteiger partial charge < -0.3 is 15.4 Å². The van der Waals surface area contributed by atoms with E-state index in [9.17, 15) is 4.39 Å². The van der Waals surface area contributed by atoms with E-state index in [1.165, 1.54) is 57.6 Å². The second-order valence-corrected chi connectivity index (χ2v) is 9.76. The Labute approximate surface area is 172 Å². The van der Waals surface area contributed by atoms with Crippen molar-refractivity contribution in [1.29, 1.82) is 0 Å². The number of rotatable bonds is 2. The number of benzene rings is 1. The Morgan fingerprint density at radius 1 is 1.11 bits per heavy atom. The molecule has 0 bridgehead atoms. The van der Waals surface area contributed by atoms with Gasteiger partial charge in [-0.2, -0.15) is 0 Å². The molecular weight excluding hydrogens is 372 g/mol. The van der Waals surface area contributed by atoms with Crippen LogP contribution in [-0.2, 0) is 4.74 Å². The van der Waals surface area contributed by atoms with Gasteiger partial charge in [-0.1, -0.05) is 12.1 Å². The zero-order valence-electron chi connectivity index (χ0n) is 17.4. The molecule has 3 unspecified atom stereocenters. The molecule has 3 fully saturated rings. The summed E-state index contributed by atoms with van der Waals surface area (Å²) in [5.74, 6) is -0.184. The van der Waals surface area contributed by atoms with E-state index in [4.69, 9.17) is 10.5 Å². The molecule has 4 nitrogen and oxygen atoms in total. The van der Waals surface area contributed by atoms with Crippen molar-refractivity contribution >= 4 is 14.5 Å². The van der Waals surface area contributed by atoms with E-state index in [0.717, 1.165) is 24.9 Å². The van der Waals surface area contributed by atoms with Crippen molar-refractivity contribution in [2.24, 2.45) is 11.1 Å². The Bertz CT molecular complexity index is 583. The van der Waals surface area contributed by atoms with Crippen LogP contribution in [0.3, 0.4) is 0 Å². The number of ether oxygens (including phenoxy) is 1. The molecule has 1 aromatic rings. The van der Waals surface area contributed by atoms with Crippen LogP contribution in [0.25, 0.3) is 0 Å². The maximum atomic E-state index is 12.1. The third kappa shape index (κ3) is 5.96. The Morgan fingerprint density at radius 3 is 2.29 bits per heavy atom. The van der Waals surface area contributed by atoms with Crippen LogP contribution in [0.1, 0.15) is 39.5 Å². The van der Waals surface area contributed by atoms with Crippen molar-refractivity contribution in [2.75, 3.05) is 39.4 Å². The summed E-state index contributed by atoms with van der Waals surface area (Å²) in [6, 6.07) is 7.80. The van der Waals surface area contributed by atoms with E-state index in [0.29, 0.717) is 17.5 Å². The molecule has 158 valence electrons. The van der Waals surface area contributed by atoms with Gasteiger partial charge in [-0.25, -0.2) is 4.39 Å². The van der Waals surface area contributed by atoms with Gasteiger partial charge in [0, 0.05) is 24.7 Å². The molecule has 0 aliphatic carbocycles. The third-order valence-corrected chi connectivity index (χ3v) is 7.05. The second kappa shape index (κ2) is 9.95. The molecule has 0 aromatic heterocycles. The standard InChI is InChI=1S/C16H31N3O.C6H6FP/c1-13(2)19-8-5-16(12-19)3-6-18(7-4-16)15-9-14(17)10-20-11-15;7-5-1-3-6(8)4-2-5/h13-15H,3-12,17H2,1-2H3;1-4H,8H2. The highest BCUT2D eigenvalue weighted by Crippen LogP contribution is 2.41. The minimum absolute atomic E-state index is 0.184. The van der Waals surface area contributed by atoms with Crippen LogP contribution >= 0.6 is 9.24 Å². The highest BCUT2D eigenvalue weighted by molar-refractivity contribution is 7.27. The molecule has 3 atom stereocenters. The van der Waals surface area contributed by atoms with Crippen LogP contribution in [0.4, 0.5) is 4.39 Å². The minimum Gasteiger partial charge on any atom is -0.378 e. The summed E-state index contributed by atoms with van der Waals surface area (Å²) in [7, 11) is 2.48. The largest absolute Gasteiger partial charge is 0.378 e. The number of hydrogen-bond acceptors (Lipinski definition) is 4. The molecule has 1 aromatic carbocycles. The van der Waals surface area contributed by atoms with Gasteiger partial charge in [-0.05, 0) is 82.0 Å². The van der Waals surface area contributed by atoms with E-state index in [1.807, 2.05) is 0 Å². The Hall–Kier alpha value is -0.580. The van der Waals surface area contributed by atoms with Gasteiger partial charge in [-0.15, -0.1) is 9.24 Å². The number of likely N-dealkylation sites (tertiary alicyclic amines) is 2. The van der Waals surface area contributed by atoms with Gasteiger partial charge in [0.25, 0.3) is 0 Å². The lowest BCUT2D eigenvalue weighted by Crippen LogP contribution is -2.52. The Morgan fingerprint density at radius 2 is 1.75 bits per heavy atom. The number of nitrogens with zero attached hydrogens (tertiary/aromatic N) is 2. The number of halogens is 1. The van der Waals surface area contributed by atoms with E-state index < -0.39 is 0 Å². The minimum atomic E-state index is -0.184. The van der Waals surface area contributed by atoms with Crippen LogP contribution in [0.2, 0.25) is 0 Å². The lowest BCUT2D eigenvalue weighted by molar-refractivity contribution is -0.0160. The number of hydrogen-bond donors (Lipinski definition) is 1. The van der Waals surface area contributed by atoms with Crippen molar-refractivity contribution < 1.29 is 9.13 Å². The van der Waals surface area contributed by atoms with Crippen LogP contribution in [0.15, 0.2) is 24.3 Å². The molecule has 3 saturated heterocycles. The predicted molar refractivity (Wildman–Crippen MR) is 118 cm³/mol. The van der Waals surface area contributed by atoms with Gasteiger partial charge in [-0.3, -0.25) is 4.90 Å². The molecule has 0 saturated carbocycles. The van der Waals surface area contributed by atoms with Gasteiger partial charge in [0.05, 0.1) is 13.2 Å². The fourth-order valence-electron chi connectivity index (χ4n) is 4.74. The van der Waals surface area contributed by atoms with E-state index >= 15 is 0 Å². The van der Waals surface area contributed by atoms with E-state index in [2.05, 4.69) is 32.9 Å². The summed E-state index contributed by atoms with van der Waals surface area (Å²) in [5.41, 5.74) is 6.65. The zero-order chi connectivity index (χ0) is 20.1. The first-order valence-corrected chi connectivity index (χ1v) is 11.3. The number of nitrogens with two attached hydrogens (primary N) is 1. The van der Waals surface area contributed by atoms with Gasteiger partial charge in [0.15, 0.2) is 0 Å². The lowest BCUT2D eigenvalue weighted by atomic mass is 9.77. The lowest BCUT2D eigenvalue weighted by Gasteiger charge is -2.44. The van der Waals surface area contributed by atoms with Gasteiger partial charge >= 0.3 is 0 Å². The Kier molecular flexibility index (Phi) is 7.86. The Balaban J connectivity index is 0.000000236. The molecule has 3 aliphatic heterocycles. The molecule has 2 N–H and O–H groups in total. The van der Waals surface area contributed by atoms with Gasteiger partial charge in [0.2, 0.25) is 0 Å². The fourth-order valence-corrected chi connectivity index (χ4v) is 4.93.